The smallest absolute Gasteiger partial charge is 0.336 e. The summed E-state index contributed by atoms with van der Waals surface area (Å²) in [5.74, 6) is -0.694. The maximum absolute atomic E-state index is 11.6. The minimum Gasteiger partial charge on any atom is -0.478 e. The Morgan fingerprint density at radius 1 is 1.19 bits per heavy atom. The molecule has 0 amide bonds. The van der Waals surface area contributed by atoms with Crippen molar-refractivity contribution in [1.82, 2.24) is 0 Å². The first kappa shape index (κ1) is 15.7. The van der Waals surface area contributed by atoms with E-state index in [1.807, 2.05) is 0 Å². The van der Waals surface area contributed by atoms with Gasteiger partial charge in [0.25, 0.3) is 0 Å². The Morgan fingerprint density at radius 3 is 2.24 bits per heavy atom. The highest BCUT2D eigenvalue weighted by Gasteiger charge is 2.30. The highest BCUT2D eigenvalue weighted by atomic mass is 16.4. The van der Waals surface area contributed by atoms with Gasteiger partial charge in [-0.1, -0.05) is 40.0 Å². The van der Waals surface area contributed by atoms with E-state index in [0.717, 1.165) is 36.8 Å². The van der Waals surface area contributed by atoms with Gasteiger partial charge in [-0.05, 0) is 35.8 Å². The Hall–Kier alpha value is -1.71. The quantitative estimate of drug-likeness (QED) is 0.721. The van der Waals surface area contributed by atoms with Crippen LogP contribution in [0, 0.1) is 0 Å². The molecule has 1 fully saturated rings. The fourth-order valence-electron chi connectivity index (χ4n) is 3.59. The number of benzene rings is 1. The van der Waals surface area contributed by atoms with E-state index in [1.54, 1.807) is 6.07 Å². The topological polar surface area (TPSA) is 89.3 Å². The highest BCUT2D eigenvalue weighted by Crippen LogP contribution is 2.43. The van der Waals surface area contributed by atoms with Gasteiger partial charge in [0.1, 0.15) is 0 Å². The lowest BCUT2D eigenvalue weighted by Gasteiger charge is -2.30. The maximum atomic E-state index is 11.6. The molecular weight excluding hydrogens is 264 g/mol. The van der Waals surface area contributed by atoms with Gasteiger partial charge >= 0.3 is 5.97 Å². The van der Waals surface area contributed by atoms with Gasteiger partial charge in [0.15, 0.2) is 0 Å². The van der Waals surface area contributed by atoms with Gasteiger partial charge in [-0.3, -0.25) is 0 Å². The summed E-state index contributed by atoms with van der Waals surface area (Å²) in [6, 6.07) is 1.60. The van der Waals surface area contributed by atoms with Gasteiger partial charge in [0, 0.05) is 16.9 Å². The van der Waals surface area contributed by atoms with Crippen LogP contribution >= 0.6 is 0 Å². The molecule has 1 saturated carbocycles. The van der Waals surface area contributed by atoms with Crippen LogP contribution in [0.3, 0.4) is 0 Å². The summed E-state index contributed by atoms with van der Waals surface area (Å²) in [4.78, 5) is 11.6. The second kappa shape index (κ2) is 5.58. The van der Waals surface area contributed by atoms with Gasteiger partial charge in [-0.25, -0.2) is 4.79 Å². The zero-order valence-electron chi connectivity index (χ0n) is 13.2. The molecule has 0 saturated heterocycles. The molecule has 4 heteroatoms. The minimum absolute atomic E-state index is 0.200. The third-order valence-corrected chi connectivity index (χ3v) is 4.43. The predicted molar refractivity (Wildman–Crippen MR) is 86.8 cm³/mol. The van der Waals surface area contributed by atoms with E-state index in [1.165, 1.54) is 6.42 Å². The zero-order chi connectivity index (χ0) is 15.8. The SMILES string of the molecule is CC(C)(C)c1c(N)cc(C(=O)O)c(C2CCCCC2)c1N. The van der Waals surface area contributed by atoms with Gasteiger partial charge in [0.2, 0.25) is 0 Å². The molecule has 0 aliphatic heterocycles. The van der Waals surface area contributed by atoms with E-state index in [0.29, 0.717) is 11.4 Å². The molecule has 2 rings (SSSR count). The number of nitrogen functional groups attached to an aromatic ring is 2. The average molecular weight is 290 g/mol. The normalized spacial score (nSPS) is 16.9. The zero-order valence-corrected chi connectivity index (χ0v) is 13.2. The number of carboxylic acid groups (broad SMARTS) is 1. The molecule has 0 bridgehead atoms. The van der Waals surface area contributed by atoms with Crippen LogP contribution in [0.4, 0.5) is 11.4 Å². The average Bonchev–Trinajstić information content (AvgIpc) is 2.37. The van der Waals surface area contributed by atoms with Crippen molar-refractivity contribution in [3.8, 4) is 0 Å². The fourth-order valence-corrected chi connectivity index (χ4v) is 3.59. The Morgan fingerprint density at radius 2 is 1.76 bits per heavy atom. The standard InChI is InChI=1S/C17H26N2O2/c1-17(2,3)14-12(18)9-11(16(20)21)13(15(14)19)10-7-5-4-6-8-10/h9-10H,4-8,18-19H2,1-3H3,(H,20,21). The predicted octanol–water partition coefficient (Wildman–Crippen LogP) is 3.89. The number of nitrogens with two attached hydrogens (primary N) is 2. The molecule has 21 heavy (non-hydrogen) atoms. The van der Waals surface area contributed by atoms with Crippen LogP contribution in [0.2, 0.25) is 0 Å². The van der Waals surface area contributed by atoms with Crippen LogP contribution in [0.5, 0.6) is 0 Å². The molecule has 4 nitrogen and oxygen atoms in total. The molecule has 5 N–H and O–H groups in total. The summed E-state index contributed by atoms with van der Waals surface area (Å²) in [6.45, 7) is 6.17. The summed E-state index contributed by atoms with van der Waals surface area (Å²) in [5.41, 5.74) is 15.3. The van der Waals surface area contributed by atoms with Crippen molar-refractivity contribution in [3.05, 3.63) is 22.8 Å². The first-order valence-electron chi connectivity index (χ1n) is 7.69. The van der Waals surface area contributed by atoms with Crippen molar-refractivity contribution in [2.45, 2.75) is 64.2 Å². The molecule has 0 aromatic heterocycles. The van der Waals surface area contributed by atoms with E-state index in [4.69, 9.17) is 11.5 Å². The second-order valence-corrected chi connectivity index (χ2v) is 7.11. The van der Waals surface area contributed by atoms with Crippen molar-refractivity contribution in [2.24, 2.45) is 0 Å². The third-order valence-electron chi connectivity index (χ3n) is 4.43. The number of carbonyl (C=O) groups is 1. The van der Waals surface area contributed by atoms with Gasteiger partial charge in [-0.2, -0.15) is 0 Å². The van der Waals surface area contributed by atoms with Crippen LogP contribution in [-0.2, 0) is 5.41 Å². The van der Waals surface area contributed by atoms with Crippen molar-refractivity contribution >= 4 is 17.3 Å². The van der Waals surface area contributed by atoms with Crippen molar-refractivity contribution in [1.29, 1.82) is 0 Å². The van der Waals surface area contributed by atoms with Crippen LogP contribution in [-0.4, -0.2) is 11.1 Å². The Labute approximate surface area is 126 Å². The molecule has 0 unspecified atom stereocenters. The van der Waals surface area contributed by atoms with Crippen molar-refractivity contribution in [3.63, 3.8) is 0 Å². The van der Waals surface area contributed by atoms with E-state index in [-0.39, 0.29) is 16.9 Å². The number of carboxylic acids is 1. The Bertz CT molecular complexity index is 553. The van der Waals surface area contributed by atoms with Crippen LogP contribution in [0.1, 0.15) is 80.3 Å². The first-order chi connectivity index (χ1) is 9.73. The molecule has 1 aliphatic rings. The molecule has 0 radical (unpaired) electrons. The van der Waals surface area contributed by atoms with E-state index in [2.05, 4.69) is 20.8 Å². The molecule has 1 aromatic carbocycles. The van der Waals surface area contributed by atoms with Crippen molar-refractivity contribution in [2.75, 3.05) is 11.5 Å². The molecule has 0 heterocycles. The summed E-state index contributed by atoms with van der Waals surface area (Å²) >= 11 is 0. The molecular formula is C17H26N2O2. The largest absolute Gasteiger partial charge is 0.478 e. The fraction of sp³-hybridized carbons (Fsp3) is 0.588. The number of rotatable bonds is 2. The molecule has 0 spiro atoms. The van der Waals surface area contributed by atoms with Crippen LogP contribution < -0.4 is 11.5 Å². The molecule has 116 valence electrons. The summed E-state index contributed by atoms with van der Waals surface area (Å²) in [7, 11) is 0. The monoisotopic (exact) mass is 290 g/mol. The molecule has 1 aromatic rings. The van der Waals surface area contributed by atoms with Crippen molar-refractivity contribution < 1.29 is 9.90 Å². The number of hydrogen-bond acceptors (Lipinski definition) is 3. The number of hydrogen-bond donors (Lipinski definition) is 3. The summed E-state index contributed by atoms with van der Waals surface area (Å²) in [5, 5.41) is 9.53. The van der Waals surface area contributed by atoms with Gasteiger partial charge < -0.3 is 16.6 Å². The van der Waals surface area contributed by atoms with E-state index < -0.39 is 5.97 Å². The van der Waals surface area contributed by atoms with E-state index >= 15 is 0 Å². The maximum Gasteiger partial charge on any atom is 0.336 e. The van der Waals surface area contributed by atoms with Gasteiger partial charge in [-0.15, -0.1) is 0 Å². The number of anilines is 2. The van der Waals surface area contributed by atoms with Gasteiger partial charge in [0.05, 0.1) is 5.56 Å². The summed E-state index contributed by atoms with van der Waals surface area (Å²) in [6.07, 6.45) is 5.52. The lowest BCUT2D eigenvalue weighted by atomic mass is 9.76. The lowest BCUT2D eigenvalue weighted by Crippen LogP contribution is -2.22. The Kier molecular flexibility index (Phi) is 4.17. The molecule has 1 aliphatic carbocycles. The van der Waals surface area contributed by atoms with Crippen LogP contribution in [0.15, 0.2) is 6.07 Å². The summed E-state index contributed by atoms with van der Waals surface area (Å²) < 4.78 is 0. The molecule has 0 atom stereocenters. The van der Waals surface area contributed by atoms with E-state index in [9.17, 15) is 9.90 Å². The third kappa shape index (κ3) is 2.99. The lowest BCUT2D eigenvalue weighted by molar-refractivity contribution is 0.0695. The number of aromatic carboxylic acids is 1. The second-order valence-electron chi connectivity index (χ2n) is 7.11. The first-order valence-corrected chi connectivity index (χ1v) is 7.69. The van der Waals surface area contributed by atoms with Crippen LogP contribution in [0.25, 0.3) is 0 Å². The minimum atomic E-state index is -0.936. The highest BCUT2D eigenvalue weighted by molar-refractivity contribution is 5.94. The Balaban J connectivity index is 2.66.